The molecule has 2 fully saturated rings. The maximum absolute atomic E-state index is 13.1. The van der Waals surface area contributed by atoms with Crippen LogP contribution >= 0.6 is 0 Å². The highest BCUT2D eigenvalue weighted by Gasteiger charge is 2.70. The summed E-state index contributed by atoms with van der Waals surface area (Å²) in [5.74, 6) is -1.20. The van der Waals surface area contributed by atoms with E-state index in [0.29, 0.717) is 11.8 Å². The zero-order chi connectivity index (χ0) is 9.69. The van der Waals surface area contributed by atoms with Gasteiger partial charge in [-0.1, -0.05) is 26.7 Å². The quantitative estimate of drug-likeness (QED) is 0.586. The monoisotopic (exact) mass is 188 g/mol. The van der Waals surface area contributed by atoms with Gasteiger partial charge in [-0.25, -0.2) is 8.78 Å². The van der Waals surface area contributed by atoms with Gasteiger partial charge in [0.25, 0.3) is 5.92 Å². The topological polar surface area (TPSA) is 0 Å². The highest BCUT2D eigenvalue weighted by atomic mass is 19.3. The summed E-state index contributed by atoms with van der Waals surface area (Å²) in [6.07, 6.45) is 3.89. The molecule has 2 heteroatoms. The molecule has 0 aromatic carbocycles. The van der Waals surface area contributed by atoms with Crippen LogP contribution < -0.4 is 0 Å². The first kappa shape index (κ1) is 9.42. The Hall–Kier alpha value is -0.140. The fraction of sp³-hybridized carbons (Fsp3) is 1.00. The van der Waals surface area contributed by atoms with Crippen LogP contribution in [0.1, 0.15) is 46.0 Å². The molecule has 0 nitrogen and oxygen atoms in total. The van der Waals surface area contributed by atoms with E-state index < -0.39 is 11.3 Å². The normalized spacial score (nSPS) is 42.7. The van der Waals surface area contributed by atoms with E-state index in [4.69, 9.17) is 0 Å². The summed E-state index contributed by atoms with van der Waals surface area (Å²) in [5.41, 5.74) is -0.555. The van der Waals surface area contributed by atoms with Crippen LogP contribution in [-0.2, 0) is 0 Å². The zero-order valence-corrected chi connectivity index (χ0v) is 8.45. The van der Waals surface area contributed by atoms with Crippen molar-refractivity contribution in [2.45, 2.75) is 51.9 Å². The first-order chi connectivity index (χ1) is 5.97. The Morgan fingerprint density at radius 2 is 1.92 bits per heavy atom. The molecule has 2 atom stereocenters. The summed E-state index contributed by atoms with van der Waals surface area (Å²) >= 11 is 0. The van der Waals surface area contributed by atoms with Gasteiger partial charge in [0.05, 0.1) is 0 Å². The molecule has 2 aliphatic rings. The predicted molar refractivity (Wildman–Crippen MR) is 48.8 cm³/mol. The second-order valence-corrected chi connectivity index (χ2v) is 5.26. The van der Waals surface area contributed by atoms with Crippen LogP contribution in [-0.4, -0.2) is 5.92 Å². The Bertz CT molecular complexity index is 210. The fourth-order valence-electron chi connectivity index (χ4n) is 2.85. The first-order valence-electron chi connectivity index (χ1n) is 5.35. The van der Waals surface area contributed by atoms with Gasteiger partial charge in [-0.15, -0.1) is 0 Å². The van der Waals surface area contributed by atoms with Gasteiger partial charge in [-0.2, -0.15) is 0 Å². The summed E-state index contributed by atoms with van der Waals surface area (Å²) in [5, 5.41) is 0. The number of hydrogen-bond acceptors (Lipinski definition) is 0. The van der Waals surface area contributed by atoms with Gasteiger partial charge in [0, 0.05) is 11.8 Å². The molecule has 0 heterocycles. The average molecular weight is 188 g/mol. The van der Waals surface area contributed by atoms with Crippen molar-refractivity contribution in [2.75, 3.05) is 0 Å². The van der Waals surface area contributed by atoms with Crippen LogP contribution in [0.4, 0.5) is 8.78 Å². The zero-order valence-electron chi connectivity index (χ0n) is 8.45. The molecule has 2 aliphatic carbocycles. The van der Waals surface area contributed by atoms with E-state index in [1.807, 2.05) is 0 Å². The molecule has 0 amide bonds. The minimum absolute atomic E-state index is 0.170. The molecule has 2 saturated carbocycles. The molecular weight excluding hydrogens is 170 g/mol. The van der Waals surface area contributed by atoms with Gasteiger partial charge >= 0.3 is 0 Å². The predicted octanol–water partition coefficient (Wildman–Crippen LogP) is 3.86. The number of rotatable bonds is 1. The van der Waals surface area contributed by atoms with Crippen molar-refractivity contribution >= 4 is 0 Å². The third kappa shape index (κ3) is 1.38. The van der Waals surface area contributed by atoms with Crippen LogP contribution in [0.3, 0.4) is 0 Å². The van der Waals surface area contributed by atoms with Crippen molar-refractivity contribution in [3.05, 3.63) is 0 Å². The lowest BCUT2D eigenvalue weighted by molar-refractivity contribution is 0.0309. The molecular formula is C11H18F2. The van der Waals surface area contributed by atoms with Crippen molar-refractivity contribution in [1.29, 1.82) is 0 Å². The molecule has 13 heavy (non-hydrogen) atoms. The summed E-state index contributed by atoms with van der Waals surface area (Å²) in [7, 11) is 0. The van der Waals surface area contributed by atoms with Gasteiger partial charge < -0.3 is 0 Å². The van der Waals surface area contributed by atoms with Gasteiger partial charge in [0.1, 0.15) is 0 Å². The molecule has 0 radical (unpaired) electrons. The molecule has 2 unspecified atom stereocenters. The standard InChI is InChI=1S/C11H18F2/c1-8(2)9-4-3-5-10(6-9)7-11(10,12)13/h8-9H,3-7H2,1-2H3. The summed E-state index contributed by atoms with van der Waals surface area (Å²) < 4.78 is 26.2. The lowest BCUT2D eigenvalue weighted by atomic mass is 9.74. The Morgan fingerprint density at radius 3 is 2.38 bits per heavy atom. The number of alkyl halides is 2. The van der Waals surface area contributed by atoms with E-state index in [1.54, 1.807) is 0 Å². The molecule has 1 spiro atoms. The Balaban J connectivity index is 2.02. The smallest absolute Gasteiger partial charge is 0.206 e. The van der Waals surface area contributed by atoms with E-state index in [-0.39, 0.29) is 6.42 Å². The molecule has 0 aromatic rings. The fourth-order valence-corrected chi connectivity index (χ4v) is 2.85. The van der Waals surface area contributed by atoms with E-state index in [1.165, 1.54) is 0 Å². The van der Waals surface area contributed by atoms with Crippen LogP contribution in [0, 0.1) is 17.3 Å². The van der Waals surface area contributed by atoms with E-state index in [2.05, 4.69) is 13.8 Å². The van der Waals surface area contributed by atoms with Crippen molar-refractivity contribution in [1.82, 2.24) is 0 Å². The third-order valence-corrected chi connectivity index (χ3v) is 4.04. The molecule has 0 saturated heterocycles. The third-order valence-electron chi connectivity index (χ3n) is 4.04. The maximum Gasteiger partial charge on any atom is 0.254 e. The highest BCUT2D eigenvalue weighted by molar-refractivity contribution is 5.11. The Morgan fingerprint density at radius 1 is 1.31 bits per heavy atom. The van der Waals surface area contributed by atoms with Gasteiger partial charge in [-0.05, 0) is 24.7 Å². The molecule has 0 N–H and O–H groups in total. The van der Waals surface area contributed by atoms with Crippen molar-refractivity contribution < 1.29 is 8.78 Å². The minimum Gasteiger partial charge on any atom is -0.206 e. The number of halogens is 2. The summed E-state index contributed by atoms with van der Waals surface area (Å²) in [6.45, 7) is 4.31. The maximum atomic E-state index is 13.1. The minimum atomic E-state index is -2.32. The molecule has 2 rings (SSSR count). The second kappa shape index (κ2) is 2.68. The Labute approximate surface area is 78.7 Å². The van der Waals surface area contributed by atoms with E-state index >= 15 is 0 Å². The SMILES string of the molecule is CC(C)C1CCCC2(C1)CC2(F)F. The highest BCUT2D eigenvalue weighted by Crippen LogP contribution is 2.68. The summed E-state index contributed by atoms with van der Waals surface area (Å²) in [6, 6.07) is 0. The lowest BCUT2D eigenvalue weighted by Crippen LogP contribution is -2.24. The summed E-state index contributed by atoms with van der Waals surface area (Å²) in [4.78, 5) is 0. The van der Waals surface area contributed by atoms with Crippen LogP contribution in [0.25, 0.3) is 0 Å². The van der Waals surface area contributed by atoms with Gasteiger partial charge in [0.15, 0.2) is 0 Å². The van der Waals surface area contributed by atoms with Crippen LogP contribution in [0.5, 0.6) is 0 Å². The average Bonchev–Trinajstić information content (AvgIpc) is 2.52. The number of hydrogen-bond donors (Lipinski definition) is 0. The van der Waals surface area contributed by atoms with E-state index in [0.717, 1.165) is 25.7 Å². The molecule has 76 valence electrons. The van der Waals surface area contributed by atoms with Gasteiger partial charge in [0.2, 0.25) is 0 Å². The van der Waals surface area contributed by atoms with E-state index in [9.17, 15) is 8.78 Å². The second-order valence-electron chi connectivity index (χ2n) is 5.26. The van der Waals surface area contributed by atoms with Crippen LogP contribution in [0.2, 0.25) is 0 Å². The van der Waals surface area contributed by atoms with Crippen molar-refractivity contribution in [2.24, 2.45) is 17.3 Å². The molecule has 0 aromatic heterocycles. The Kier molecular flexibility index (Phi) is 1.94. The molecule has 0 bridgehead atoms. The van der Waals surface area contributed by atoms with Gasteiger partial charge in [-0.3, -0.25) is 0 Å². The van der Waals surface area contributed by atoms with Crippen molar-refractivity contribution in [3.8, 4) is 0 Å². The lowest BCUT2D eigenvalue weighted by Gasteiger charge is -2.31. The van der Waals surface area contributed by atoms with Crippen molar-refractivity contribution in [3.63, 3.8) is 0 Å². The largest absolute Gasteiger partial charge is 0.254 e. The first-order valence-corrected chi connectivity index (χ1v) is 5.35. The molecule has 0 aliphatic heterocycles. The van der Waals surface area contributed by atoms with Crippen LogP contribution in [0.15, 0.2) is 0 Å².